The van der Waals surface area contributed by atoms with E-state index in [1.165, 1.54) is 289 Å². The van der Waals surface area contributed by atoms with Gasteiger partial charge in [0.25, 0.3) is 0 Å². The van der Waals surface area contributed by atoms with Gasteiger partial charge in [0.15, 0.2) is 11.5 Å². The van der Waals surface area contributed by atoms with Gasteiger partial charge in [-0.3, -0.25) is 0 Å². The van der Waals surface area contributed by atoms with Gasteiger partial charge in [-0.05, 0) is 95.6 Å². The Bertz CT molecular complexity index is 2570. The number of esters is 1. The lowest BCUT2D eigenvalue weighted by Gasteiger charge is -2.19. The predicted molar refractivity (Wildman–Crippen MR) is 420 cm³/mol. The van der Waals surface area contributed by atoms with E-state index in [1.54, 1.807) is 18.2 Å². The van der Waals surface area contributed by atoms with Gasteiger partial charge < -0.3 is 33.2 Å². The standard InChI is InChI=1S/C91H140O8/c1-5-9-12-15-18-21-24-27-30-33-36-39-42-45-48-51-70-93-85-64-58-81(59-65-85)75-96-88-73-84(91(92)99-78-80-56-54-79(8-4)55-57-80)74-89(97-76-82-60-66-86(67-61-82)94-71-52-49-46-43-40-37-34-31-28-25-22-19-16-13-10-6-2)90(88)98-77-83-62-68-87(69-63-83)95-72-53-50-47-44-41-38-35-32-29-26-23-20-17-14-11-7-3/h8,54-69,73-74H,4-7,9-53,70-72,75-78H2,1-3H3. The van der Waals surface area contributed by atoms with Crippen LogP contribution in [-0.4, -0.2) is 25.8 Å². The van der Waals surface area contributed by atoms with E-state index in [0.29, 0.717) is 37.1 Å². The van der Waals surface area contributed by atoms with Gasteiger partial charge in [0.2, 0.25) is 5.75 Å². The van der Waals surface area contributed by atoms with Gasteiger partial charge in [0, 0.05) is 0 Å². The number of hydrogen-bond acceptors (Lipinski definition) is 8. The topological polar surface area (TPSA) is 81.7 Å². The monoisotopic (exact) mass is 1360 g/mol. The van der Waals surface area contributed by atoms with Crippen molar-refractivity contribution in [1.29, 1.82) is 0 Å². The summed E-state index contributed by atoms with van der Waals surface area (Å²) < 4.78 is 44.7. The van der Waals surface area contributed by atoms with Crippen molar-refractivity contribution in [3.8, 4) is 34.5 Å². The zero-order chi connectivity index (χ0) is 69.8. The zero-order valence-electron chi connectivity index (χ0n) is 63.3. The molecule has 0 saturated carbocycles. The maximum absolute atomic E-state index is 14.1. The largest absolute Gasteiger partial charge is 0.494 e. The Morgan fingerprint density at radius 1 is 0.283 bits per heavy atom. The Kier molecular flexibility index (Phi) is 49.7. The number of benzene rings is 5. The van der Waals surface area contributed by atoms with Gasteiger partial charge in [0.05, 0.1) is 25.4 Å². The molecule has 8 heteroatoms. The molecule has 0 fully saturated rings. The summed E-state index contributed by atoms with van der Waals surface area (Å²) in [5, 5.41) is 0. The van der Waals surface area contributed by atoms with E-state index in [-0.39, 0.29) is 32.0 Å². The van der Waals surface area contributed by atoms with E-state index in [9.17, 15) is 4.79 Å². The Morgan fingerprint density at radius 2 is 0.515 bits per heavy atom. The summed E-state index contributed by atoms with van der Waals surface area (Å²) in [4.78, 5) is 14.1. The predicted octanol–water partition coefficient (Wildman–Crippen LogP) is 28.3. The van der Waals surface area contributed by atoms with Crippen LogP contribution in [0.4, 0.5) is 0 Å². The van der Waals surface area contributed by atoms with Crippen LogP contribution < -0.4 is 28.4 Å². The molecule has 5 aromatic rings. The fourth-order valence-corrected chi connectivity index (χ4v) is 13.1. The molecule has 0 unspecified atom stereocenters. The first-order valence-corrected chi connectivity index (χ1v) is 41.1. The summed E-state index contributed by atoms with van der Waals surface area (Å²) in [6.07, 6.45) is 66.4. The molecule has 552 valence electrons. The van der Waals surface area contributed by atoms with Crippen LogP contribution in [0.2, 0.25) is 0 Å². The highest BCUT2D eigenvalue weighted by molar-refractivity contribution is 5.91. The van der Waals surface area contributed by atoms with E-state index < -0.39 is 5.97 Å². The van der Waals surface area contributed by atoms with Crippen LogP contribution in [0.25, 0.3) is 6.08 Å². The van der Waals surface area contributed by atoms with Crippen molar-refractivity contribution in [1.82, 2.24) is 0 Å². The van der Waals surface area contributed by atoms with Crippen molar-refractivity contribution < 1.29 is 38.0 Å². The second kappa shape index (κ2) is 58.7. The van der Waals surface area contributed by atoms with Crippen molar-refractivity contribution in [2.75, 3.05) is 19.8 Å². The summed E-state index contributed by atoms with van der Waals surface area (Å²) in [6.45, 7) is 13.6. The van der Waals surface area contributed by atoms with Crippen LogP contribution in [0.1, 0.15) is 367 Å². The third-order valence-corrected chi connectivity index (χ3v) is 19.6. The number of ether oxygens (including phenoxy) is 7. The molecule has 99 heavy (non-hydrogen) atoms. The smallest absolute Gasteiger partial charge is 0.338 e. The maximum Gasteiger partial charge on any atom is 0.338 e. The molecule has 0 aromatic heterocycles. The molecule has 0 aliphatic carbocycles. The minimum Gasteiger partial charge on any atom is -0.494 e. The molecule has 0 radical (unpaired) electrons. The fraction of sp³-hybridized carbons (Fsp3) is 0.637. The SMILES string of the molecule is C=Cc1ccc(COC(=O)c2cc(OCc3ccc(OCCCCCCCCCCCCCCCCCC)cc3)c(OCc3ccc(OCCCCCCCCCCCCCCCCCC)cc3)c(OCc3ccc(OCCCCCCCCCCCCCCCCCC)cc3)c2)cc1. The number of hydrogen-bond donors (Lipinski definition) is 0. The lowest BCUT2D eigenvalue weighted by atomic mass is 10.0. The Morgan fingerprint density at radius 3 is 0.778 bits per heavy atom. The molecule has 8 nitrogen and oxygen atoms in total. The molecule has 0 bridgehead atoms. The minimum absolute atomic E-state index is 0.0991. The highest BCUT2D eigenvalue weighted by Gasteiger charge is 2.21. The van der Waals surface area contributed by atoms with E-state index in [4.69, 9.17) is 33.2 Å². The molecular weight excluding hydrogens is 1220 g/mol. The van der Waals surface area contributed by atoms with Crippen LogP contribution in [0.5, 0.6) is 34.5 Å². The second-order valence-corrected chi connectivity index (χ2v) is 28.6. The summed E-state index contributed by atoms with van der Waals surface area (Å²) in [5.74, 6) is 3.17. The quantitative estimate of drug-likeness (QED) is 0.0281. The first-order valence-electron chi connectivity index (χ1n) is 41.1. The maximum atomic E-state index is 14.1. The first kappa shape index (κ1) is 83.8. The van der Waals surface area contributed by atoms with E-state index in [1.807, 2.05) is 97.1 Å². The summed E-state index contributed by atoms with van der Waals surface area (Å²) in [6, 6.07) is 35.6. The first-order chi connectivity index (χ1) is 49.0. The van der Waals surface area contributed by atoms with Gasteiger partial charge >= 0.3 is 5.97 Å². The molecule has 0 amide bonds. The third kappa shape index (κ3) is 42.2. The van der Waals surface area contributed by atoms with Crippen molar-refractivity contribution in [3.63, 3.8) is 0 Å². The van der Waals surface area contributed by atoms with E-state index in [0.717, 1.165) is 64.3 Å². The number of carbonyl (C=O) groups excluding carboxylic acids is 1. The molecule has 0 heterocycles. The molecule has 0 spiro atoms. The van der Waals surface area contributed by atoms with Crippen LogP contribution in [0.15, 0.2) is 116 Å². The second-order valence-electron chi connectivity index (χ2n) is 28.6. The number of carbonyl (C=O) groups is 1. The third-order valence-electron chi connectivity index (χ3n) is 19.6. The van der Waals surface area contributed by atoms with Gasteiger partial charge in [-0.25, -0.2) is 4.79 Å². The van der Waals surface area contributed by atoms with Crippen molar-refractivity contribution in [3.05, 3.63) is 149 Å². The van der Waals surface area contributed by atoms with Gasteiger partial charge in [0.1, 0.15) is 43.7 Å². The van der Waals surface area contributed by atoms with Crippen LogP contribution in [0, 0.1) is 0 Å². The van der Waals surface area contributed by atoms with Crippen molar-refractivity contribution in [2.45, 2.75) is 355 Å². The Hall–Kier alpha value is -5.89. The number of unbranched alkanes of at least 4 members (excludes halogenated alkanes) is 45. The van der Waals surface area contributed by atoms with Crippen molar-refractivity contribution in [2.24, 2.45) is 0 Å². The summed E-state index contributed by atoms with van der Waals surface area (Å²) in [7, 11) is 0. The van der Waals surface area contributed by atoms with Crippen LogP contribution in [0.3, 0.4) is 0 Å². The molecular formula is C91H140O8. The van der Waals surface area contributed by atoms with Gasteiger partial charge in [-0.1, -0.05) is 383 Å². The van der Waals surface area contributed by atoms with Crippen molar-refractivity contribution >= 4 is 12.0 Å². The Balaban J connectivity index is 1.15. The summed E-state index contributed by atoms with van der Waals surface area (Å²) >= 11 is 0. The van der Waals surface area contributed by atoms with E-state index >= 15 is 0 Å². The normalized spacial score (nSPS) is 11.3. The van der Waals surface area contributed by atoms with Gasteiger partial charge in [-0.15, -0.1) is 0 Å². The average molecular weight is 1360 g/mol. The van der Waals surface area contributed by atoms with E-state index in [2.05, 4.69) is 27.4 Å². The van der Waals surface area contributed by atoms with Crippen LogP contribution >= 0.6 is 0 Å². The lowest BCUT2D eigenvalue weighted by Crippen LogP contribution is -2.09. The average Bonchev–Trinajstić information content (AvgIpc) is 0.824. The van der Waals surface area contributed by atoms with Crippen LogP contribution in [-0.2, 0) is 31.2 Å². The lowest BCUT2D eigenvalue weighted by molar-refractivity contribution is 0.0471. The zero-order valence-corrected chi connectivity index (χ0v) is 63.3. The molecule has 0 aliphatic rings. The molecule has 0 aliphatic heterocycles. The highest BCUT2D eigenvalue weighted by atomic mass is 16.5. The summed E-state index contributed by atoms with van der Waals surface area (Å²) in [5.41, 5.74) is 5.00. The minimum atomic E-state index is -0.504. The fourth-order valence-electron chi connectivity index (χ4n) is 13.1. The highest BCUT2D eigenvalue weighted by Crippen LogP contribution is 2.41. The Labute approximate surface area is 605 Å². The van der Waals surface area contributed by atoms with Gasteiger partial charge in [-0.2, -0.15) is 0 Å². The molecule has 5 aromatic carbocycles. The number of rotatable bonds is 67. The molecule has 5 rings (SSSR count). The molecule has 0 atom stereocenters. The molecule has 0 saturated heterocycles. The molecule has 0 N–H and O–H groups in total.